The van der Waals surface area contributed by atoms with Crippen molar-refractivity contribution in [2.24, 2.45) is 0 Å². The Morgan fingerprint density at radius 2 is 1.90 bits per heavy atom. The van der Waals surface area contributed by atoms with Crippen LogP contribution in [0.3, 0.4) is 0 Å². The van der Waals surface area contributed by atoms with Gasteiger partial charge in [-0.2, -0.15) is 0 Å². The Hall–Kier alpha value is -2.36. The maximum absolute atomic E-state index is 10.8. The van der Waals surface area contributed by atoms with Gasteiger partial charge < -0.3 is 5.32 Å². The molecule has 0 heterocycles. The van der Waals surface area contributed by atoms with Gasteiger partial charge in [0.15, 0.2) is 0 Å². The van der Waals surface area contributed by atoms with E-state index >= 15 is 0 Å². The molecule has 2 aromatic rings. The summed E-state index contributed by atoms with van der Waals surface area (Å²) >= 11 is 0. The van der Waals surface area contributed by atoms with Crippen molar-refractivity contribution in [1.29, 1.82) is 0 Å². The molecule has 4 heteroatoms. The molecule has 4 nitrogen and oxygen atoms in total. The highest BCUT2D eigenvalue weighted by Gasteiger charge is 2.09. The first-order valence-electron chi connectivity index (χ1n) is 7.20. The van der Waals surface area contributed by atoms with Crippen molar-refractivity contribution in [2.75, 3.05) is 5.32 Å². The molecule has 0 spiro atoms. The first kappa shape index (κ1) is 15.0. The van der Waals surface area contributed by atoms with Crippen LogP contribution in [0.25, 0.3) is 0 Å². The van der Waals surface area contributed by atoms with Crippen LogP contribution in [0.4, 0.5) is 11.4 Å². The van der Waals surface area contributed by atoms with E-state index in [1.54, 1.807) is 12.1 Å². The van der Waals surface area contributed by atoms with Gasteiger partial charge in [-0.1, -0.05) is 43.7 Å². The van der Waals surface area contributed by atoms with Crippen LogP contribution in [0.2, 0.25) is 0 Å². The second-order valence-corrected chi connectivity index (χ2v) is 5.17. The third-order valence-electron chi connectivity index (χ3n) is 3.46. The van der Waals surface area contributed by atoms with Gasteiger partial charge in [0.05, 0.1) is 4.92 Å². The highest BCUT2D eigenvalue weighted by molar-refractivity contribution is 5.52. The average molecular weight is 284 g/mol. The number of hydrogen-bond donors (Lipinski definition) is 1. The number of nitrogens with zero attached hydrogens (tertiary/aromatic N) is 1. The van der Waals surface area contributed by atoms with Gasteiger partial charge >= 0.3 is 0 Å². The number of nitro benzene ring substituents is 1. The Morgan fingerprint density at radius 3 is 2.52 bits per heavy atom. The quantitative estimate of drug-likeness (QED) is 0.616. The molecule has 2 aromatic carbocycles. The van der Waals surface area contributed by atoms with Gasteiger partial charge in [-0.3, -0.25) is 10.1 Å². The van der Waals surface area contributed by atoms with Crippen molar-refractivity contribution in [3.63, 3.8) is 0 Å². The maximum Gasteiger partial charge on any atom is 0.271 e. The molecular weight excluding hydrogens is 264 g/mol. The van der Waals surface area contributed by atoms with Crippen molar-refractivity contribution in [1.82, 2.24) is 0 Å². The molecule has 1 unspecified atom stereocenters. The van der Waals surface area contributed by atoms with Gasteiger partial charge in [0.2, 0.25) is 0 Å². The third-order valence-corrected chi connectivity index (χ3v) is 3.46. The highest BCUT2D eigenvalue weighted by Crippen LogP contribution is 2.23. The fraction of sp³-hybridized carbons (Fsp3) is 0.294. The van der Waals surface area contributed by atoms with Crippen LogP contribution >= 0.6 is 0 Å². The Balaban J connectivity index is 2.08. The summed E-state index contributed by atoms with van der Waals surface area (Å²) < 4.78 is 0. The van der Waals surface area contributed by atoms with E-state index in [1.807, 2.05) is 13.0 Å². The van der Waals surface area contributed by atoms with Gasteiger partial charge in [0.25, 0.3) is 5.69 Å². The Labute approximate surface area is 125 Å². The van der Waals surface area contributed by atoms with Crippen molar-refractivity contribution in [2.45, 2.75) is 32.7 Å². The van der Waals surface area contributed by atoms with E-state index in [0.29, 0.717) is 0 Å². The standard InChI is InChI=1S/C17H20N2O2/c1-3-5-14-8-10-15(11-9-14)13(2)18-16-6-4-7-17(12-16)19(20)21/h4,6-13,18H,3,5H2,1-2H3. The topological polar surface area (TPSA) is 55.2 Å². The van der Waals surface area contributed by atoms with E-state index in [9.17, 15) is 10.1 Å². The van der Waals surface area contributed by atoms with E-state index in [1.165, 1.54) is 17.2 Å². The minimum Gasteiger partial charge on any atom is -0.378 e. The number of non-ortho nitro benzene ring substituents is 1. The zero-order chi connectivity index (χ0) is 15.2. The minimum atomic E-state index is -0.380. The second-order valence-electron chi connectivity index (χ2n) is 5.17. The fourth-order valence-corrected chi connectivity index (χ4v) is 2.30. The molecule has 0 aliphatic carbocycles. The van der Waals surface area contributed by atoms with Gasteiger partial charge in [-0.25, -0.2) is 0 Å². The van der Waals surface area contributed by atoms with Crippen molar-refractivity contribution >= 4 is 11.4 Å². The van der Waals surface area contributed by atoms with Gasteiger partial charge in [0.1, 0.15) is 0 Å². The van der Waals surface area contributed by atoms with E-state index < -0.39 is 0 Å². The average Bonchev–Trinajstić information content (AvgIpc) is 2.48. The minimum absolute atomic E-state index is 0.0997. The number of nitro groups is 1. The first-order chi connectivity index (χ1) is 10.1. The summed E-state index contributed by atoms with van der Waals surface area (Å²) in [6.07, 6.45) is 2.23. The van der Waals surface area contributed by atoms with Crippen molar-refractivity contribution in [3.8, 4) is 0 Å². The summed E-state index contributed by atoms with van der Waals surface area (Å²) in [7, 11) is 0. The van der Waals surface area contributed by atoms with Crippen LogP contribution in [0.1, 0.15) is 37.4 Å². The lowest BCUT2D eigenvalue weighted by atomic mass is 10.0. The number of benzene rings is 2. The molecule has 0 saturated carbocycles. The molecule has 21 heavy (non-hydrogen) atoms. The van der Waals surface area contributed by atoms with Gasteiger partial charge in [-0.15, -0.1) is 0 Å². The third kappa shape index (κ3) is 4.05. The van der Waals surface area contributed by atoms with E-state index in [0.717, 1.165) is 18.5 Å². The van der Waals surface area contributed by atoms with E-state index in [2.05, 4.69) is 36.5 Å². The molecule has 0 fully saturated rings. The lowest BCUT2D eigenvalue weighted by molar-refractivity contribution is -0.384. The first-order valence-corrected chi connectivity index (χ1v) is 7.20. The van der Waals surface area contributed by atoms with Crippen LogP contribution in [-0.2, 0) is 6.42 Å². The summed E-state index contributed by atoms with van der Waals surface area (Å²) in [5.41, 5.74) is 3.37. The molecule has 0 aromatic heterocycles. The normalized spacial score (nSPS) is 11.9. The van der Waals surface area contributed by atoms with Crippen LogP contribution in [0.15, 0.2) is 48.5 Å². The number of rotatable bonds is 6. The lowest BCUT2D eigenvalue weighted by Crippen LogP contribution is -2.06. The van der Waals surface area contributed by atoms with Crippen LogP contribution in [0.5, 0.6) is 0 Å². The predicted molar refractivity (Wildman–Crippen MR) is 85.6 cm³/mol. The Morgan fingerprint density at radius 1 is 1.19 bits per heavy atom. The van der Waals surface area contributed by atoms with Crippen LogP contribution in [-0.4, -0.2) is 4.92 Å². The number of anilines is 1. The number of nitrogens with one attached hydrogen (secondary N) is 1. The molecule has 0 bridgehead atoms. The second kappa shape index (κ2) is 6.88. The van der Waals surface area contributed by atoms with E-state index in [4.69, 9.17) is 0 Å². The van der Waals surface area contributed by atoms with Gasteiger partial charge in [-0.05, 0) is 30.5 Å². The summed E-state index contributed by atoms with van der Waals surface area (Å²) in [5, 5.41) is 14.1. The molecule has 1 atom stereocenters. The Bertz CT molecular complexity index is 608. The van der Waals surface area contributed by atoms with Crippen LogP contribution in [0, 0.1) is 10.1 Å². The summed E-state index contributed by atoms with van der Waals surface area (Å²) in [6.45, 7) is 4.22. The molecule has 0 saturated heterocycles. The number of aryl methyl sites for hydroxylation is 1. The largest absolute Gasteiger partial charge is 0.378 e. The maximum atomic E-state index is 10.8. The molecule has 110 valence electrons. The molecule has 0 radical (unpaired) electrons. The molecule has 1 N–H and O–H groups in total. The molecule has 0 aliphatic heterocycles. The smallest absolute Gasteiger partial charge is 0.271 e. The fourth-order valence-electron chi connectivity index (χ4n) is 2.30. The zero-order valence-corrected chi connectivity index (χ0v) is 12.4. The highest BCUT2D eigenvalue weighted by atomic mass is 16.6. The molecule has 0 aliphatic rings. The summed E-state index contributed by atoms with van der Waals surface area (Å²) in [5.74, 6) is 0. The van der Waals surface area contributed by atoms with Crippen molar-refractivity contribution < 1.29 is 4.92 Å². The molecule has 0 amide bonds. The van der Waals surface area contributed by atoms with Crippen LogP contribution < -0.4 is 5.32 Å². The lowest BCUT2D eigenvalue weighted by Gasteiger charge is -2.16. The van der Waals surface area contributed by atoms with Gasteiger partial charge in [0, 0.05) is 23.9 Å². The Kier molecular flexibility index (Phi) is 4.93. The number of hydrogen-bond acceptors (Lipinski definition) is 3. The summed E-state index contributed by atoms with van der Waals surface area (Å²) in [4.78, 5) is 10.4. The summed E-state index contributed by atoms with van der Waals surface area (Å²) in [6, 6.07) is 15.2. The van der Waals surface area contributed by atoms with Crippen molar-refractivity contribution in [3.05, 3.63) is 69.8 Å². The molecule has 2 rings (SSSR count). The molecular formula is C17H20N2O2. The SMILES string of the molecule is CCCc1ccc(C(C)Nc2cccc([N+](=O)[O-])c2)cc1. The monoisotopic (exact) mass is 284 g/mol. The van der Waals surface area contributed by atoms with E-state index in [-0.39, 0.29) is 16.7 Å². The zero-order valence-electron chi connectivity index (χ0n) is 12.4. The predicted octanol–water partition coefficient (Wildman–Crippen LogP) is 4.72.